The number of aromatic nitrogens is 1. The third kappa shape index (κ3) is 3.13. The summed E-state index contributed by atoms with van der Waals surface area (Å²) in [7, 11) is 0. The van der Waals surface area contributed by atoms with Gasteiger partial charge >= 0.3 is 0 Å². The highest BCUT2D eigenvalue weighted by molar-refractivity contribution is 5.92. The van der Waals surface area contributed by atoms with E-state index in [2.05, 4.69) is 5.16 Å². The van der Waals surface area contributed by atoms with Gasteiger partial charge in [0.25, 0.3) is 5.91 Å². The van der Waals surface area contributed by atoms with Crippen LogP contribution >= 0.6 is 0 Å². The minimum absolute atomic E-state index is 0.129. The fraction of sp³-hybridized carbons (Fsp3) is 0.286. The number of carbonyl (C=O) groups excluding carboxylic acids is 1. The number of carbonyl (C=O) groups is 1. The van der Waals surface area contributed by atoms with E-state index in [0.29, 0.717) is 30.2 Å². The van der Waals surface area contributed by atoms with Crippen molar-refractivity contribution in [1.29, 1.82) is 0 Å². The number of nitrogens with zero attached hydrogens (tertiary/aromatic N) is 2. The normalized spacial score (nSPS) is 10.4. The van der Waals surface area contributed by atoms with Crippen molar-refractivity contribution in [2.45, 2.75) is 20.4 Å². The van der Waals surface area contributed by atoms with E-state index in [0.717, 1.165) is 5.56 Å². The SMILES string of the molecule is CCN(Cc1ccc(N)cc1)C(=O)c1cc(C)on1. The van der Waals surface area contributed by atoms with Crippen LogP contribution < -0.4 is 5.73 Å². The fourth-order valence-electron chi connectivity index (χ4n) is 1.80. The lowest BCUT2D eigenvalue weighted by Gasteiger charge is -2.19. The van der Waals surface area contributed by atoms with Gasteiger partial charge in [-0.05, 0) is 31.5 Å². The molecule has 0 saturated heterocycles. The third-order valence-electron chi connectivity index (χ3n) is 2.87. The van der Waals surface area contributed by atoms with E-state index in [1.54, 1.807) is 17.9 Å². The van der Waals surface area contributed by atoms with Gasteiger partial charge in [-0.2, -0.15) is 0 Å². The predicted molar refractivity (Wildman–Crippen MR) is 72.5 cm³/mol. The van der Waals surface area contributed by atoms with Gasteiger partial charge in [-0.1, -0.05) is 17.3 Å². The summed E-state index contributed by atoms with van der Waals surface area (Å²) in [6.07, 6.45) is 0. The zero-order valence-corrected chi connectivity index (χ0v) is 11.1. The molecule has 0 spiro atoms. The molecule has 1 amide bonds. The molecule has 0 aliphatic heterocycles. The quantitative estimate of drug-likeness (QED) is 0.854. The summed E-state index contributed by atoms with van der Waals surface area (Å²) in [6.45, 7) is 4.83. The van der Waals surface area contributed by atoms with E-state index in [1.807, 2.05) is 31.2 Å². The Morgan fingerprint density at radius 3 is 2.58 bits per heavy atom. The molecule has 5 heteroatoms. The van der Waals surface area contributed by atoms with Gasteiger partial charge in [0.2, 0.25) is 0 Å². The van der Waals surface area contributed by atoms with Gasteiger partial charge in [0.05, 0.1) is 0 Å². The van der Waals surface area contributed by atoms with Crippen LogP contribution in [0.2, 0.25) is 0 Å². The number of anilines is 1. The van der Waals surface area contributed by atoms with Gasteiger partial charge in [0.15, 0.2) is 5.69 Å². The first-order chi connectivity index (χ1) is 9.10. The Hall–Kier alpha value is -2.30. The van der Waals surface area contributed by atoms with Crippen molar-refractivity contribution in [2.75, 3.05) is 12.3 Å². The molecule has 0 atom stereocenters. The van der Waals surface area contributed by atoms with Crippen LogP contribution in [0.4, 0.5) is 5.69 Å². The van der Waals surface area contributed by atoms with Crippen molar-refractivity contribution in [1.82, 2.24) is 10.1 Å². The summed E-state index contributed by atoms with van der Waals surface area (Å²) in [5.41, 5.74) is 7.73. The standard InChI is InChI=1S/C14H17N3O2/c1-3-17(9-11-4-6-12(15)7-5-11)14(18)13-8-10(2)19-16-13/h4-8H,3,9,15H2,1-2H3. The maximum absolute atomic E-state index is 12.2. The molecule has 0 bridgehead atoms. The molecule has 100 valence electrons. The Morgan fingerprint density at radius 1 is 1.37 bits per heavy atom. The summed E-state index contributed by atoms with van der Waals surface area (Å²) in [4.78, 5) is 14.0. The zero-order chi connectivity index (χ0) is 13.8. The molecule has 0 aliphatic rings. The first kappa shape index (κ1) is 13.1. The van der Waals surface area contributed by atoms with Gasteiger partial charge in [0, 0.05) is 24.8 Å². The Kier molecular flexibility index (Phi) is 3.85. The number of amides is 1. The average Bonchev–Trinajstić information content (AvgIpc) is 2.84. The highest BCUT2D eigenvalue weighted by atomic mass is 16.5. The Morgan fingerprint density at radius 2 is 2.05 bits per heavy atom. The summed E-state index contributed by atoms with van der Waals surface area (Å²) < 4.78 is 4.93. The lowest BCUT2D eigenvalue weighted by Crippen LogP contribution is -2.30. The van der Waals surface area contributed by atoms with Crippen molar-refractivity contribution in [3.8, 4) is 0 Å². The van der Waals surface area contributed by atoms with Crippen LogP contribution in [-0.4, -0.2) is 22.5 Å². The highest BCUT2D eigenvalue weighted by Crippen LogP contribution is 2.12. The molecule has 1 aromatic carbocycles. The maximum atomic E-state index is 12.2. The summed E-state index contributed by atoms with van der Waals surface area (Å²) in [6, 6.07) is 9.13. The highest BCUT2D eigenvalue weighted by Gasteiger charge is 2.18. The fourth-order valence-corrected chi connectivity index (χ4v) is 1.80. The molecule has 0 unspecified atom stereocenters. The van der Waals surface area contributed by atoms with Crippen molar-refractivity contribution in [3.63, 3.8) is 0 Å². The monoisotopic (exact) mass is 259 g/mol. The third-order valence-corrected chi connectivity index (χ3v) is 2.87. The summed E-state index contributed by atoms with van der Waals surface area (Å²) >= 11 is 0. The van der Waals surface area contributed by atoms with E-state index >= 15 is 0 Å². The Balaban J connectivity index is 2.11. The molecule has 5 nitrogen and oxygen atoms in total. The number of nitrogen functional groups attached to an aromatic ring is 1. The molecule has 2 aromatic rings. The molecule has 2 rings (SSSR count). The molecule has 2 N–H and O–H groups in total. The van der Waals surface area contributed by atoms with Gasteiger partial charge in [-0.15, -0.1) is 0 Å². The number of hydrogen-bond donors (Lipinski definition) is 1. The van der Waals surface area contributed by atoms with Gasteiger partial charge in [-0.3, -0.25) is 4.79 Å². The molecule has 1 aromatic heterocycles. The van der Waals surface area contributed by atoms with Crippen LogP contribution in [0.3, 0.4) is 0 Å². The van der Waals surface area contributed by atoms with E-state index in [1.165, 1.54) is 0 Å². The molecule has 0 saturated carbocycles. The first-order valence-electron chi connectivity index (χ1n) is 6.17. The minimum Gasteiger partial charge on any atom is -0.399 e. The van der Waals surface area contributed by atoms with Crippen LogP contribution in [-0.2, 0) is 6.54 Å². The first-order valence-corrected chi connectivity index (χ1v) is 6.17. The van der Waals surface area contributed by atoms with Crippen molar-refractivity contribution in [3.05, 3.63) is 47.3 Å². The van der Waals surface area contributed by atoms with Gasteiger partial charge in [-0.25, -0.2) is 0 Å². The van der Waals surface area contributed by atoms with E-state index in [4.69, 9.17) is 10.3 Å². The topological polar surface area (TPSA) is 72.4 Å². The number of hydrogen-bond acceptors (Lipinski definition) is 4. The predicted octanol–water partition coefficient (Wildman–Crippen LogP) is 2.23. The smallest absolute Gasteiger partial charge is 0.276 e. The zero-order valence-electron chi connectivity index (χ0n) is 11.1. The number of aryl methyl sites for hydroxylation is 1. The van der Waals surface area contributed by atoms with Crippen LogP contribution in [0.1, 0.15) is 28.7 Å². The lowest BCUT2D eigenvalue weighted by molar-refractivity contribution is 0.0742. The van der Waals surface area contributed by atoms with E-state index in [9.17, 15) is 4.79 Å². The minimum atomic E-state index is -0.129. The van der Waals surface area contributed by atoms with Gasteiger partial charge in [0.1, 0.15) is 5.76 Å². The summed E-state index contributed by atoms with van der Waals surface area (Å²) in [5, 5.41) is 3.75. The second kappa shape index (κ2) is 5.56. The molecular formula is C14H17N3O2. The van der Waals surface area contributed by atoms with Crippen molar-refractivity contribution < 1.29 is 9.32 Å². The largest absolute Gasteiger partial charge is 0.399 e. The molecule has 0 fully saturated rings. The summed E-state index contributed by atoms with van der Waals surface area (Å²) in [5.74, 6) is 0.503. The van der Waals surface area contributed by atoms with Crippen LogP contribution in [0.5, 0.6) is 0 Å². The van der Waals surface area contributed by atoms with Crippen molar-refractivity contribution in [2.24, 2.45) is 0 Å². The van der Waals surface area contributed by atoms with Crippen LogP contribution in [0.15, 0.2) is 34.9 Å². The maximum Gasteiger partial charge on any atom is 0.276 e. The van der Waals surface area contributed by atoms with Crippen LogP contribution in [0.25, 0.3) is 0 Å². The number of nitrogens with two attached hydrogens (primary N) is 1. The second-order valence-electron chi connectivity index (χ2n) is 4.38. The molecular weight excluding hydrogens is 242 g/mol. The van der Waals surface area contributed by atoms with Crippen molar-refractivity contribution >= 4 is 11.6 Å². The molecule has 0 aliphatic carbocycles. The Labute approximate surface area is 112 Å². The molecule has 19 heavy (non-hydrogen) atoms. The molecule has 1 heterocycles. The van der Waals surface area contributed by atoms with Gasteiger partial charge < -0.3 is 15.2 Å². The lowest BCUT2D eigenvalue weighted by atomic mass is 10.2. The second-order valence-corrected chi connectivity index (χ2v) is 4.38. The van der Waals surface area contributed by atoms with Crippen LogP contribution in [0, 0.1) is 6.92 Å². The Bertz CT molecular complexity index is 560. The average molecular weight is 259 g/mol. The number of benzene rings is 1. The number of rotatable bonds is 4. The van der Waals surface area contributed by atoms with E-state index in [-0.39, 0.29) is 5.91 Å². The van der Waals surface area contributed by atoms with E-state index < -0.39 is 0 Å². The molecule has 0 radical (unpaired) electrons.